The summed E-state index contributed by atoms with van der Waals surface area (Å²) in [5, 5.41) is 9.29. The average Bonchev–Trinajstić information content (AvgIpc) is 2.36. The van der Waals surface area contributed by atoms with Crippen LogP contribution in [0.25, 0.3) is 0 Å². The number of nitrogens with zero attached hydrogens (tertiary/aromatic N) is 1. The van der Waals surface area contributed by atoms with Gasteiger partial charge < -0.3 is 5.11 Å². The summed E-state index contributed by atoms with van der Waals surface area (Å²) in [6.07, 6.45) is 0.400. The molecule has 1 rings (SSSR count). The molecule has 0 fully saturated rings. The molecule has 0 aromatic heterocycles. The number of benzene rings is 1. The highest BCUT2D eigenvalue weighted by atomic mass is 16.3. The minimum Gasteiger partial charge on any atom is -0.392 e. The van der Waals surface area contributed by atoms with E-state index in [4.69, 9.17) is 0 Å². The van der Waals surface area contributed by atoms with Gasteiger partial charge in [-0.1, -0.05) is 52.0 Å². The summed E-state index contributed by atoms with van der Waals surface area (Å²) in [5.41, 5.74) is 1.98. The molecule has 0 aliphatic carbocycles. The van der Waals surface area contributed by atoms with E-state index in [-0.39, 0.29) is 17.8 Å². The van der Waals surface area contributed by atoms with Gasteiger partial charge in [-0.3, -0.25) is 9.69 Å². The van der Waals surface area contributed by atoms with Crippen LogP contribution < -0.4 is 0 Å². The first-order valence-corrected chi connectivity index (χ1v) is 7.27. The molecule has 3 nitrogen and oxygen atoms in total. The van der Waals surface area contributed by atoms with Crippen LogP contribution in [0.2, 0.25) is 0 Å². The molecule has 0 unspecified atom stereocenters. The van der Waals surface area contributed by atoms with E-state index in [1.165, 1.54) is 0 Å². The number of ketones is 1. The van der Waals surface area contributed by atoms with E-state index in [2.05, 4.69) is 32.6 Å². The molecule has 1 N–H and O–H groups in total. The van der Waals surface area contributed by atoms with Crippen LogP contribution >= 0.6 is 0 Å². The Kier molecular flexibility index (Phi) is 6.37. The number of rotatable bonds is 7. The normalized spacial score (nSPS) is 11.9. The van der Waals surface area contributed by atoms with Gasteiger partial charge in [0, 0.05) is 13.0 Å². The first-order valence-electron chi connectivity index (χ1n) is 7.27. The van der Waals surface area contributed by atoms with Gasteiger partial charge in [-0.2, -0.15) is 0 Å². The van der Waals surface area contributed by atoms with Gasteiger partial charge in [0.1, 0.15) is 0 Å². The Morgan fingerprint density at radius 1 is 1.20 bits per heavy atom. The molecular formula is C17H27NO2. The largest absolute Gasteiger partial charge is 0.392 e. The Balaban J connectivity index is 2.62. The molecule has 0 bridgehead atoms. The zero-order valence-corrected chi connectivity index (χ0v) is 13.1. The first-order chi connectivity index (χ1) is 9.35. The highest BCUT2D eigenvalue weighted by molar-refractivity contribution is 5.83. The molecule has 0 heterocycles. The fourth-order valence-corrected chi connectivity index (χ4v) is 2.35. The van der Waals surface area contributed by atoms with E-state index < -0.39 is 0 Å². The van der Waals surface area contributed by atoms with E-state index >= 15 is 0 Å². The summed E-state index contributed by atoms with van der Waals surface area (Å²) in [7, 11) is 0. The van der Waals surface area contributed by atoms with Crippen molar-refractivity contribution < 1.29 is 9.90 Å². The van der Waals surface area contributed by atoms with Gasteiger partial charge in [0.05, 0.1) is 13.2 Å². The third kappa shape index (κ3) is 5.85. The second kappa shape index (κ2) is 7.55. The third-order valence-corrected chi connectivity index (χ3v) is 3.22. The van der Waals surface area contributed by atoms with Crippen LogP contribution in [0.1, 0.15) is 38.8 Å². The molecule has 0 aliphatic rings. The monoisotopic (exact) mass is 277 g/mol. The predicted molar refractivity (Wildman–Crippen MR) is 82.6 cm³/mol. The molecule has 0 spiro atoms. The molecular weight excluding hydrogens is 250 g/mol. The molecule has 0 saturated carbocycles. The number of carbonyl (C=O) groups is 1. The van der Waals surface area contributed by atoms with Gasteiger partial charge >= 0.3 is 0 Å². The number of Topliss-reactive ketones (excluding diaryl/α,β-unsaturated/α-hetero) is 1. The maximum absolute atomic E-state index is 12.2. The van der Waals surface area contributed by atoms with E-state index in [1.807, 2.05) is 24.3 Å². The summed E-state index contributed by atoms with van der Waals surface area (Å²) in [6.45, 7) is 10.9. The standard InChI is InChI=1S/C17H27NO2/c1-5-18(13-17(2,3)4)11-16(20)10-14-8-6-7-9-15(14)12-19/h6-9,19H,5,10-13H2,1-4H3. The SMILES string of the molecule is CCN(CC(=O)Cc1ccccc1CO)CC(C)(C)C. The third-order valence-electron chi connectivity index (χ3n) is 3.22. The molecule has 1 aromatic rings. The highest BCUT2D eigenvalue weighted by Crippen LogP contribution is 2.15. The van der Waals surface area contributed by atoms with E-state index in [0.29, 0.717) is 13.0 Å². The Labute approximate surface area is 122 Å². The van der Waals surface area contributed by atoms with Crippen molar-refractivity contribution in [3.63, 3.8) is 0 Å². The van der Waals surface area contributed by atoms with Gasteiger partial charge in [0.15, 0.2) is 5.78 Å². The van der Waals surface area contributed by atoms with Gasteiger partial charge in [0.25, 0.3) is 0 Å². The lowest BCUT2D eigenvalue weighted by Gasteiger charge is -2.28. The second-order valence-corrected chi connectivity index (χ2v) is 6.51. The average molecular weight is 277 g/mol. The minimum atomic E-state index is -0.0110. The molecule has 3 heteroatoms. The maximum atomic E-state index is 12.2. The van der Waals surface area contributed by atoms with Crippen molar-refractivity contribution in [1.29, 1.82) is 0 Å². The number of aliphatic hydroxyl groups excluding tert-OH is 1. The minimum absolute atomic E-state index is 0.0110. The number of aliphatic hydroxyl groups is 1. The second-order valence-electron chi connectivity index (χ2n) is 6.51. The number of hydrogen-bond donors (Lipinski definition) is 1. The van der Waals surface area contributed by atoms with Crippen LogP contribution in [-0.2, 0) is 17.8 Å². The predicted octanol–water partition coefficient (Wildman–Crippen LogP) is 2.66. The van der Waals surface area contributed by atoms with Crippen LogP contribution in [-0.4, -0.2) is 35.4 Å². The smallest absolute Gasteiger partial charge is 0.151 e. The summed E-state index contributed by atoms with van der Waals surface area (Å²) in [6, 6.07) is 7.59. The van der Waals surface area contributed by atoms with Crippen molar-refractivity contribution in [2.75, 3.05) is 19.6 Å². The van der Waals surface area contributed by atoms with Crippen molar-refractivity contribution >= 4 is 5.78 Å². The maximum Gasteiger partial charge on any atom is 0.151 e. The van der Waals surface area contributed by atoms with Crippen LogP contribution in [0.4, 0.5) is 0 Å². The summed E-state index contributed by atoms with van der Waals surface area (Å²) >= 11 is 0. The van der Waals surface area contributed by atoms with E-state index in [1.54, 1.807) is 0 Å². The molecule has 0 radical (unpaired) electrons. The number of hydrogen-bond acceptors (Lipinski definition) is 3. The molecule has 0 saturated heterocycles. The quantitative estimate of drug-likeness (QED) is 0.833. The van der Waals surface area contributed by atoms with Crippen LogP contribution in [0.15, 0.2) is 24.3 Å². The van der Waals surface area contributed by atoms with Crippen molar-refractivity contribution in [3.8, 4) is 0 Å². The van der Waals surface area contributed by atoms with Crippen molar-refractivity contribution in [1.82, 2.24) is 4.90 Å². The Morgan fingerprint density at radius 3 is 2.30 bits per heavy atom. The molecule has 1 aromatic carbocycles. The fraction of sp³-hybridized carbons (Fsp3) is 0.588. The molecule has 20 heavy (non-hydrogen) atoms. The first kappa shape index (κ1) is 16.9. The Morgan fingerprint density at radius 2 is 1.80 bits per heavy atom. The Bertz CT molecular complexity index is 435. The molecule has 0 amide bonds. The summed E-state index contributed by atoms with van der Waals surface area (Å²) < 4.78 is 0. The number of carbonyl (C=O) groups excluding carboxylic acids is 1. The van der Waals surface area contributed by atoms with Crippen LogP contribution in [0, 0.1) is 5.41 Å². The number of likely N-dealkylation sites (N-methyl/N-ethyl adjacent to an activating group) is 1. The zero-order valence-electron chi connectivity index (χ0n) is 13.1. The fourth-order valence-electron chi connectivity index (χ4n) is 2.35. The van der Waals surface area contributed by atoms with Crippen LogP contribution in [0.3, 0.4) is 0 Å². The van der Waals surface area contributed by atoms with Gasteiger partial charge in [-0.15, -0.1) is 0 Å². The van der Waals surface area contributed by atoms with Crippen molar-refractivity contribution in [3.05, 3.63) is 35.4 Å². The Hall–Kier alpha value is -1.19. The molecule has 0 aliphatic heterocycles. The van der Waals surface area contributed by atoms with Crippen molar-refractivity contribution in [2.24, 2.45) is 5.41 Å². The van der Waals surface area contributed by atoms with Gasteiger partial charge in [-0.25, -0.2) is 0 Å². The summed E-state index contributed by atoms with van der Waals surface area (Å²) in [5.74, 6) is 0.206. The van der Waals surface area contributed by atoms with Gasteiger partial charge in [-0.05, 0) is 23.1 Å². The lowest BCUT2D eigenvalue weighted by Crippen LogP contribution is -2.37. The molecule has 112 valence electrons. The zero-order chi connectivity index (χ0) is 15.2. The highest BCUT2D eigenvalue weighted by Gasteiger charge is 2.18. The van der Waals surface area contributed by atoms with Gasteiger partial charge in [0.2, 0.25) is 0 Å². The van der Waals surface area contributed by atoms with Crippen molar-refractivity contribution in [2.45, 2.75) is 40.7 Å². The lowest BCUT2D eigenvalue weighted by molar-refractivity contribution is -0.119. The van der Waals surface area contributed by atoms with Crippen LogP contribution in [0.5, 0.6) is 0 Å². The van der Waals surface area contributed by atoms with E-state index in [0.717, 1.165) is 24.2 Å². The topological polar surface area (TPSA) is 40.5 Å². The summed E-state index contributed by atoms with van der Waals surface area (Å²) in [4.78, 5) is 14.4. The van der Waals surface area contributed by atoms with E-state index in [9.17, 15) is 9.90 Å². The lowest BCUT2D eigenvalue weighted by atomic mass is 9.95. The molecule has 0 atom stereocenters.